The van der Waals surface area contributed by atoms with Crippen molar-refractivity contribution < 1.29 is 26.4 Å². The molecule has 0 saturated carbocycles. The van der Waals surface area contributed by atoms with Crippen molar-refractivity contribution in [1.82, 2.24) is 9.88 Å². The van der Waals surface area contributed by atoms with Gasteiger partial charge in [-0.15, -0.1) is 0 Å². The maximum Gasteiger partial charge on any atom is 0.433 e. The Morgan fingerprint density at radius 2 is 1.71 bits per heavy atom. The molecule has 9 heteroatoms. The predicted octanol–water partition coefficient (Wildman–Crippen LogP) is 4.33. The first-order valence-electron chi connectivity index (χ1n) is 9.29. The molecule has 0 bridgehead atoms. The van der Waals surface area contributed by atoms with Crippen LogP contribution in [0.5, 0.6) is 0 Å². The Kier molecular flexibility index (Phi) is 5.09. The summed E-state index contributed by atoms with van der Waals surface area (Å²) >= 11 is 0. The molecule has 1 aliphatic rings. The highest BCUT2D eigenvalue weighted by molar-refractivity contribution is 7.90. The molecule has 0 saturated heterocycles. The van der Waals surface area contributed by atoms with Crippen molar-refractivity contribution in [1.29, 1.82) is 0 Å². The third-order valence-electron chi connectivity index (χ3n) is 5.08. The van der Waals surface area contributed by atoms with E-state index in [-0.39, 0.29) is 29.2 Å². The van der Waals surface area contributed by atoms with Crippen LogP contribution in [0.1, 0.15) is 27.3 Å². The molecule has 0 atom stereocenters. The van der Waals surface area contributed by atoms with E-state index >= 15 is 0 Å². The topological polar surface area (TPSA) is 67.3 Å². The fraction of sp³-hybridized carbons (Fsp3) is 0.182. The van der Waals surface area contributed by atoms with E-state index in [4.69, 9.17) is 0 Å². The molecule has 3 aromatic rings. The molecule has 4 rings (SSSR count). The van der Waals surface area contributed by atoms with E-state index in [0.717, 1.165) is 17.9 Å². The quantitative estimate of drug-likeness (QED) is 0.601. The Labute approximate surface area is 177 Å². The Bertz CT molecular complexity index is 1270. The summed E-state index contributed by atoms with van der Waals surface area (Å²) in [5.41, 5.74) is 1.13. The summed E-state index contributed by atoms with van der Waals surface area (Å²) in [4.78, 5) is 18.4. The molecular weight excluding hydrogens is 429 g/mol. The van der Waals surface area contributed by atoms with Gasteiger partial charge >= 0.3 is 6.18 Å². The molecule has 0 unspecified atom stereocenters. The molecular formula is C22H17F3N2O3S. The van der Waals surface area contributed by atoms with Gasteiger partial charge in [-0.3, -0.25) is 4.79 Å². The molecule has 0 radical (unpaired) electrons. The van der Waals surface area contributed by atoms with Crippen molar-refractivity contribution in [3.05, 3.63) is 83.2 Å². The van der Waals surface area contributed by atoms with Gasteiger partial charge in [0.1, 0.15) is 5.69 Å². The van der Waals surface area contributed by atoms with Crippen LogP contribution in [0.4, 0.5) is 13.2 Å². The fourth-order valence-electron chi connectivity index (χ4n) is 3.53. The molecule has 0 N–H and O–H groups in total. The number of fused-ring (bicyclic) bond motifs is 1. The van der Waals surface area contributed by atoms with Gasteiger partial charge in [-0.2, -0.15) is 13.2 Å². The van der Waals surface area contributed by atoms with Gasteiger partial charge < -0.3 is 4.90 Å². The molecule has 0 fully saturated rings. The summed E-state index contributed by atoms with van der Waals surface area (Å²) in [7, 11) is -3.57. The van der Waals surface area contributed by atoms with E-state index in [1.54, 1.807) is 30.3 Å². The van der Waals surface area contributed by atoms with Gasteiger partial charge in [0.05, 0.1) is 17.1 Å². The number of alkyl halides is 3. The number of amides is 1. The van der Waals surface area contributed by atoms with Crippen molar-refractivity contribution in [2.24, 2.45) is 0 Å². The van der Waals surface area contributed by atoms with Gasteiger partial charge in [0.2, 0.25) is 0 Å². The zero-order valence-corrected chi connectivity index (χ0v) is 17.2. The minimum absolute atomic E-state index is 0.00951. The van der Waals surface area contributed by atoms with Crippen molar-refractivity contribution in [3.63, 3.8) is 0 Å². The highest BCUT2D eigenvalue weighted by Gasteiger charge is 2.35. The molecule has 2 heterocycles. The maximum atomic E-state index is 13.4. The molecule has 31 heavy (non-hydrogen) atoms. The summed E-state index contributed by atoms with van der Waals surface area (Å²) < 4.78 is 63.0. The van der Waals surface area contributed by atoms with Gasteiger partial charge in [-0.25, -0.2) is 13.4 Å². The fourth-order valence-corrected chi connectivity index (χ4v) is 4.17. The minimum Gasteiger partial charge on any atom is -0.328 e. The SMILES string of the molecule is CS(=O)(=O)c1ccc(-c2ccccc2)c(C(=O)N2Cc3ccc(C(F)(F)F)nc3C2)c1. The van der Waals surface area contributed by atoms with E-state index in [9.17, 15) is 26.4 Å². The Hall–Kier alpha value is -3.20. The maximum absolute atomic E-state index is 13.4. The van der Waals surface area contributed by atoms with Crippen LogP contribution in [0.15, 0.2) is 65.6 Å². The zero-order chi connectivity index (χ0) is 22.4. The van der Waals surface area contributed by atoms with Crippen LogP contribution in [0.25, 0.3) is 11.1 Å². The van der Waals surface area contributed by atoms with Crippen LogP contribution in [-0.4, -0.2) is 30.5 Å². The monoisotopic (exact) mass is 446 g/mol. The van der Waals surface area contributed by atoms with E-state index < -0.39 is 27.6 Å². The lowest BCUT2D eigenvalue weighted by Crippen LogP contribution is -2.26. The number of carbonyl (C=O) groups excluding carboxylic acids is 1. The van der Waals surface area contributed by atoms with Crippen LogP contribution in [0.2, 0.25) is 0 Å². The number of benzene rings is 2. The second kappa shape index (κ2) is 7.49. The van der Waals surface area contributed by atoms with Crippen molar-refractivity contribution in [3.8, 4) is 11.1 Å². The number of halogens is 3. The molecule has 0 spiro atoms. The Balaban J connectivity index is 1.74. The number of hydrogen-bond acceptors (Lipinski definition) is 4. The van der Waals surface area contributed by atoms with Gasteiger partial charge in [0.15, 0.2) is 9.84 Å². The van der Waals surface area contributed by atoms with E-state index in [2.05, 4.69) is 4.98 Å². The molecule has 1 aliphatic heterocycles. The van der Waals surface area contributed by atoms with Gasteiger partial charge in [-0.1, -0.05) is 42.5 Å². The number of nitrogens with zero attached hydrogens (tertiary/aromatic N) is 2. The molecule has 0 aliphatic carbocycles. The second-order valence-electron chi connectivity index (χ2n) is 7.31. The smallest absolute Gasteiger partial charge is 0.328 e. The lowest BCUT2D eigenvalue weighted by atomic mass is 9.99. The summed E-state index contributed by atoms with van der Waals surface area (Å²) in [5.74, 6) is -0.476. The van der Waals surface area contributed by atoms with Crippen LogP contribution in [0.3, 0.4) is 0 Å². The number of sulfone groups is 1. The number of hydrogen-bond donors (Lipinski definition) is 0. The Morgan fingerprint density at radius 3 is 2.35 bits per heavy atom. The van der Waals surface area contributed by atoms with E-state index in [1.165, 1.54) is 23.1 Å². The zero-order valence-electron chi connectivity index (χ0n) is 16.3. The number of aromatic nitrogens is 1. The van der Waals surface area contributed by atoms with Crippen LogP contribution < -0.4 is 0 Å². The number of carbonyl (C=O) groups is 1. The highest BCUT2D eigenvalue weighted by Crippen LogP contribution is 2.33. The van der Waals surface area contributed by atoms with Crippen molar-refractivity contribution in [2.75, 3.05) is 6.26 Å². The first kappa shape index (κ1) is 21.0. The summed E-state index contributed by atoms with van der Waals surface area (Å²) in [6, 6.07) is 15.5. The van der Waals surface area contributed by atoms with Crippen LogP contribution in [-0.2, 0) is 29.1 Å². The van der Waals surface area contributed by atoms with E-state index in [1.807, 2.05) is 6.07 Å². The van der Waals surface area contributed by atoms with Gasteiger partial charge in [0.25, 0.3) is 5.91 Å². The molecule has 2 aromatic carbocycles. The summed E-state index contributed by atoms with van der Waals surface area (Å²) in [5, 5.41) is 0. The average Bonchev–Trinajstić information content (AvgIpc) is 3.15. The normalized spacial score (nSPS) is 13.9. The van der Waals surface area contributed by atoms with Gasteiger partial charge in [0, 0.05) is 18.4 Å². The number of rotatable bonds is 3. The second-order valence-corrected chi connectivity index (χ2v) is 9.32. The van der Waals surface area contributed by atoms with Crippen LogP contribution in [0, 0.1) is 0 Å². The average molecular weight is 446 g/mol. The molecule has 1 aromatic heterocycles. The van der Waals surface area contributed by atoms with Crippen molar-refractivity contribution >= 4 is 15.7 Å². The molecule has 1 amide bonds. The minimum atomic E-state index is -4.57. The highest BCUT2D eigenvalue weighted by atomic mass is 32.2. The summed E-state index contributed by atoms with van der Waals surface area (Å²) in [6.07, 6.45) is -3.52. The first-order valence-corrected chi connectivity index (χ1v) is 11.2. The largest absolute Gasteiger partial charge is 0.433 e. The van der Waals surface area contributed by atoms with Gasteiger partial charge in [-0.05, 0) is 34.9 Å². The number of pyridine rings is 1. The molecule has 5 nitrogen and oxygen atoms in total. The standard InChI is InChI=1S/C22H17F3N2O3S/c1-31(29,30)16-8-9-17(14-5-3-2-4-6-14)18(11-16)21(28)27-12-15-7-10-20(22(23,24)25)26-19(15)13-27/h2-11H,12-13H2,1H3. The van der Waals surface area contributed by atoms with E-state index in [0.29, 0.717) is 11.1 Å². The predicted molar refractivity (Wildman–Crippen MR) is 108 cm³/mol. The lowest BCUT2D eigenvalue weighted by molar-refractivity contribution is -0.141. The summed E-state index contributed by atoms with van der Waals surface area (Å²) in [6.45, 7) is 0.00601. The molecule has 160 valence electrons. The third-order valence-corrected chi connectivity index (χ3v) is 6.19. The van der Waals surface area contributed by atoms with Crippen molar-refractivity contribution in [2.45, 2.75) is 24.2 Å². The first-order chi connectivity index (χ1) is 14.5. The Morgan fingerprint density at radius 1 is 1.00 bits per heavy atom. The van der Waals surface area contributed by atoms with Crippen LogP contribution >= 0.6 is 0 Å². The lowest BCUT2D eigenvalue weighted by Gasteiger charge is -2.18. The third kappa shape index (κ3) is 4.18.